The second-order valence-corrected chi connectivity index (χ2v) is 6.51. The maximum Gasteiger partial charge on any atom is 0.251 e. The largest absolute Gasteiger partial charge is 0.513 e. The summed E-state index contributed by atoms with van der Waals surface area (Å²) in [6.45, 7) is 4.48. The Labute approximate surface area is 154 Å². The highest BCUT2D eigenvalue weighted by Gasteiger charge is 2.12. The number of aliphatic hydroxyl groups is 1. The van der Waals surface area contributed by atoms with Gasteiger partial charge in [0, 0.05) is 23.6 Å². The van der Waals surface area contributed by atoms with Crippen molar-refractivity contribution in [3.63, 3.8) is 0 Å². The molecular weight excluding hydrogens is 334 g/mol. The van der Waals surface area contributed by atoms with Crippen molar-refractivity contribution in [3.8, 4) is 0 Å². The monoisotopic (exact) mass is 357 g/mol. The van der Waals surface area contributed by atoms with E-state index in [1.165, 1.54) is 5.56 Å². The smallest absolute Gasteiger partial charge is 0.251 e. The SMILES string of the molecule is CC/C=C(/O)CCc1cc(Cl)ccc1C(=O)NCc1ccc(C)cc1. The van der Waals surface area contributed by atoms with Crippen molar-refractivity contribution in [1.82, 2.24) is 5.32 Å². The summed E-state index contributed by atoms with van der Waals surface area (Å²) in [6.07, 6.45) is 3.62. The molecule has 132 valence electrons. The molecule has 0 aliphatic carbocycles. The number of allylic oxidation sites excluding steroid dienone is 2. The van der Waals surface area contributed by atoms with Crippen LogP contribution in [0.15, 0.2) is 54.3 Å². The van der Waals surface area contributed by atoms with Gasteiger partial charge in [0.1, 0.15) is 0 Å². The number of nitrogens with one attached hydrogen (secondary N) is 1. The Morgan fingerprint density at radius 1 is 1.20 bits per heavy atom. The van der Waals surface area contributed by atoms with Crippen molar-refractivity contribution in [1.29, 1.82) is 0 Å². The van der Waals surface area contributed by atoms with Crippen LogP contribution in [0, 0.1) is 6.92 Å². The summed E-state index contributed by atoms with van der Waals surface area (Å²) in [5.41, 5.74) is 3.68. The first-order chi connectivity index (χ1) is 12.0. The fourth-order valence-electron chi connectivity index (χ4n) is 2.57. The van der Waals surface area contributed by atoms with E-state index in [9.17, 15) is 9.90 Å². The number of carbonyl (C=O) groups excluding carboxylic acids is 1. The first kappa shape index (κ1) is 19.1. The number of carbonyl (C=O) groups is 1. The molecule has 2 N–H and O–H groups in total. The Morgan fingerprint density at radius 3 is 2.60 bits per heavy atom. The van der Waals surface area contributed by atoms with E-state index in [4.69, 9.17) is 11.6 Å². The summed E-state index contributed by atoms with van der Waals surface area (Å²) in [6, 6.07) is 13.3. The molecule has 0 unspecified atom stereocenters. The maximum atomic E-state index is 12.6. The van der Waals surface area contributed by atoms with Gasteiger partial charge in [-0.15, -0.1) is 0 Å². The number of amides is 1. The highest BCUT2D eigenvalue weighted by molar-refractivity contribution is 6.30. The highest BCUT2D eigenvalue weighted by atomic mass is 35.5. The van der Waals surface area contributed by atoms with E-state index >= 15 is 0 Å². The van der Waals surface area contributed by atoms with Gasteiger partial charge in [-0.3, -0.25) is 4.79 Å². The normalized spacial score (nSPS) is 11.4. The van der Waals surface area contributed by atoms with E-state index < -0.39 is 0 Å². The molecule has 1 amide bonds. The Morgan fingerprint density at radius 2 is 1.92 bits per heavy atom. The molecule has 3 nitrogen and oxygen atoms in total. The van der Waals surface area contributed by atoms with Gasteiger partial charge < -0.3 is 10.4 Å². The molecule has 0 aliphatic rings. The van der Waals surface area contributed by atoms with Gasteiger partial charge in [0.15, 0.2) is 0 Å². The van der Waals surface area contributed by atoms with Crippen molar-refractivity contribution in [2.24, 2.45) is 0 Å². The third kappa shape index (κ3) is 5.95. The van der Waals surface area contributed by atoms with E-state index in [1.54, 1.807) is 24.3 Å². The summed E-state index contributed by atoms with van der Waals surface area (Å²) in [5.74, 6) is 0.208. The third-order valence-electron chi connectivity index (χ3n) is 3.98. The van der Waals surface area contributed by atoms with Crippen LogP contribution < -0.4 is 5.32 Å². The van der Waals surface area contributed by atoms with Crippen LogP contribution in [0.1, 0.15) is 46.8 Å². The summed E-state index contributed by atoms with van der Waals surface area (Å²) < 4.78 is 0. The van der Waals surface area contributed by atoms with Crippen LogP contribution in [0.25, 0.3) is 0 Å². The van der Waals surface area contributed by atoms with E-state index in [2.05, 4.69) is 5.32 Å². The quantitative estimate of drug-likeness (QED) is 0.655. The topological polar surface area (TPSA) is 49.3 Å². The average Bonchev–Trinajstić information content (AvgIpc) is 2.59. The van der Waals surface area contributed by atoms with Crippen LogP contribution in [0.4, 0.5) is 0 Å². The summed E-state index contributed by atoms with van der Waals surface area (Å²) in [4.78, 5) is 12.6. The predicted octanol–water partition coefficient (Wildman–Crippen LogP) is 5.36. The van der Waals surface area contributed by atoms with Crippen LogP contribution in [-0.2, 0) is 13.0 Å². The standard InChI is InChI=1S/C21H24ClNO2/c1-3-4-19(24)11-9-17-13-18(22)10-12-20(17)21(25)23-14-16-7-5-15(2)6-8-16/h4-8,10,12-13,24H,3,9,11,14H2,1-2H3,(H,23,25)/b19-4+. The molecule has 0 aromatic heterocycles. The molecule has 0 heterocycles. The zero-order valence-electron chi connectivity index (χ0n) is 14.7. The van der Waals surface area contributed by atoms with Crippen molar-refractivity contribution in [2.45, 2.75) is 39.7 Å². The number of halogens is 1. The van der Waals surface area contributed by atoms with Crippen LogP contribution in [0.5, 0.6) is 0 Å². The fraction of sp³-hybridized carbons (Fsp3) is 0.286. The highest BCUT2D eigenvalue weighted by Crippen LogP contribution is 2.19. The lowest BCUT2D eigenvalue weighted by molar-refractivity contribution is 0.0950. The summed E-state index contributed by atoms with van der Waals surface area (Å²) in [5, 5.41) is 13.3. The molecule has 0 atom stereocenters. The molecule has 0 bridgehead atoms. The fourth-order valence-corrected chi connectivity index (χ4v) is 2.77. The number of hydrogen-bond acceptors (Lipinski definition) is 2. The van der Waals surface area contributed by atoms with Gasteiger partial charge in [0.25, 0.3) is 5.91 Å². The predicted molar refractivity (Wildman–Crippen MR) is 103 cm³/mol. The number of aliphatic hydroxyl groups excluding tert-OH is 1. The van der Waals surface area contributed by atoms with Gasteiger partial charge in [-0.2, -0.15) is 0 Å². The van der Waals surface area contributed by atoms with Gasteiger partial charge in [0.05, 0.1) is 5.76 Å². The molecule has 2 aromatic carbocycles. The second kappa shape index (κ2) is 9.28. The minimum absolute atomic E-state index is 0.133. The molecule has 0 saturated carbocycles. The molecule has 0 aliphatic heterocycles. The molecular formula is C21H24ClNO2. The van der Waals surface area contributed by atoms with E-state index in [-0.39, 0.29) is 5.91 Å². The average molecular weight is 358 g/mol. The first-order valence-electron chi connectivity index (χ1n) is 8.49. The van der Waals surface area contributed by atoms with Crippen molar-refractivity contribution in [3.05, 3.63) is 81.6 Å². The lowest BCUT2D eigenvalue weighted by Gasteiger charge is -2.11. The summed E-state index contributed by atoms with van der Waals surface area (Å²) in [7, 11) is 0. The number of hydrogen-bond donors (Lipinski definition) is 2. The first-order valence-corrected chi connectivity index (χ1v) is 8.87. The van der Waals surface area contributed by atoms with E-state index in [0.717, 1.165) is 17.5 Å². The second-order valence-electron chi connectivity index (χ2n) is 6.07. The number of rotatable bonds is 7. The Balaban J connectivity index is 2.07. The van der Waals surface area contributed by atoms with Gasteiger partial charge in [-0.05, 0) is 55.2 Å². The third-order valence-corrected chi connectivity index (χ3v) is 4.21. The Bertz CT molecular complexity index is 751. The van der Waals surface area contributed by atoms with Crippen LogP contribution in [0.2, 0.25) is 5.02 Å². The van der Waals surface area contributed by atoms with Gasteiger partial charge in [0.2, 0.25) is 0 Å². The Hall–Kier alpha value is -2.26. The molecule has 25 heavy (non-hydrogen) atoms. The molecule has 0 fully saturated rings. The van der Waals surface area contributed by atoms with Crippen LogP contribution >= 0.6 is 11.6 Å². The molecule has 0 saturated heterocycles. The maximum absolute atomic E-state index is 12.6. The molecule has 0 radical (unpaired) electrons. The molecule has 4 heteroatoms. The van der Waals surface area contributed by atoms with Gasteiger partial charge in [-0.25, -0.2) is 0 Å². The lowest BCUT2D eigenvalue weighted by Crippen LogP contribution is -2.24. The van der Waals surface area contributed by atoms with Gasteiger partial charge >= 0.3 is 0 Å². The van der Waals surface area contributed by atoms with Crippen molar-refractivity contribution >= 4 is 17.5 Å². The zero-order chi connectivity index (χ0) is 18.2. The van der Waals surface area contributed by atoms with Crippen molar-refractivity contribution < 1.29 is 9.90 Å². The Kier molecular flexibility index (Phi) is 7.08. The minimum Gasteiger partial charge on any atom is -0.513 e. The minimum atomic E-state index is -0.133. The zero-order valence-corrected chi connectivity index (χ0v) is 15.4. The molecule has 2 aromatic rings. The van der Waals surface area contributed by atoms with E-state index in [0.29, 0.717) is 35.7 Å². The molecule has 2 rings (SSSR count). The summed E-state index contributed by atoms with van der Waals surface area (Å²) >= 11 is 6.08. The number of benzene rings is 2. The van der Waals surface area contributed by atoms with Crippen molar-refractivity contribution in [2.75, 3.05) is 0 Å². The van der Waals surface area contributed by atoms with Gasteiger partial charge in [-0.1, -0.05) is 48.4 Å². The van der Waals surface area contributed by atoms with Crippen LogP contribution in [0.3, 0.4) is 0 Å². The molecule has 0 spiro atoms. The van der Waals surface area contributed by atoms with Crippen LogP contribution in [-0.4, -0.2) is 11.0 Å². The van der Waals surface area contributed by atoms with E-state index in [1.807, 2.05) is 38.1 Å². The number of aryl methyl sites for hydroxylation is 2. The lowest BCUT2D eigenvalue weighted by atomic mass is 10.0.